The lowest BCUT2D eigenvalue weighted by atomic mass is 10.2. The van der Waals surface area contributed by atoms with E-state index in [1.165, 1.54) is 0 Å². The molecule has 0 aliphatic rings. The smallest absolute Gasteiger partial charge is 0.0146 e. The fourth-order valence-corrected chi connectivity index (χ4v) is 0.844. The lowest BCUT2D eigenvalue weighted by Gasteiger charge is -2.05. The van der Waals surface area contributed by atoms with Gasteiger partial charge in [-0.2, -0.15) is 0 Å². The van der Waals surface area contributed by atoms with Crippen molar-refractivity contribution in [3.63, 3.8) is 0 Å². The maximum atomic E-state index is 3.37. The molecule has 0 aromatic heterocycles. The summed E-state index contributed by atoms with van der Waals surface area (Å²) in [7, 11) is 0. The zero-order chi connectivity index (χ0) is 9.40. The van der Waals surface area contributed by atoms with Gasteiger partial charge >= 0.3 is 0 Å². The van der Waals surface area contributed by atoms with Crippen LogP contribution in [0.3, 0.4) is 0 Å². The van der Waals surface area contributed by atoms with E-state index in [1.807, 2.05) is 0 Å². The summed E-state index contributed by atoms with van der Waals surface area (Å²) >= 11 is 0. The highest BCUT2D eigenvalue weighted by Gasteiger charge is 1.89. The SMILES string of the molecule is CC(C)C#CCCCNC(C)C. The highest BCUT2D eigenvalue weighted by molar-refractivity contribution is 5.00. The minimum absolute atomic E-state index is 0.517. The van der Waals surface area contributed by atoms with Crippen LogP contribution in [0.1, 0.15) is 40.5 Å². The summed E-state index contributed by atoms with van der Waals surface area (Å²) in [6.45, 7) is 9.67. The van der Waals surface area contributed by atoms with Crippen molar-refractivity contribution in [3.8, 4) is 11.8 Å². The van der Waals surface area contributed by atoms with Gasteiger partial charge in [0, 0.05) is 18.4 Å². The molecule has 0 radical (unpaired) electrons. The van der Waals surface area contributed by atoms with Crippen molar-refractivity contribution in [1.29, 1.82) is 0 Å². The molecule has 1 N–H and O–H groups in total. The summed E-state index contributed by atoms with van der Waals surface area (Å²) < 4.78 is 0. The second-order valence-electron chi connectivity index (χ2n) is 3.69. The molecule has 0 fully saturated rings. The largest absolute Gasteiger partial charge is 0.314 e. The van der Waals surface area contributed by atoms with Crippen molar-refractivity contribution >= 4 is 0 Å². The Labute approximate surface area is 76.9 Å². The van der Waals surface area contributed by atoms with Gasteiger partial charge in [0.05, 0.1) is 0 Å². The molecule has 0 aliphatic carbocycles. The third kappa shape index (κ3) is 9.52. The molecule has 1 heteroatoms. The average Bonchev–Trinajstić information content (AvgIpc) is 1.95. The van der Waals surface area contributed by atoms with Gasteiger partial charge in [-0.3, -0.25) is 0 Å². The Kier molecular flexibility index (Phi) is 6.90. The molecule has 0 aliphatic heterocycles. The zero-order valence-electron chi connectivity index (χ0n) is 8.78. The molecule has 0 spiro atoms. The summed E-state index contributed by atoms with van der Waals surface area (Å²) in [5, 5.41) is 3.37. The summed E-state index contributed by atoms with van der Waals surface area (Å²) in [6, 6.07) is 0.600. The van der Waals surface area contributed by atoms with Gasteiger partial charge in [-0.05, 0) is 13.0 Å². The van der Waals surface area contributed by atoms with Crippen molar-refractivity contribution < 1.29 is 0 Å². The van der Waals surface area contributed by atoms with Crippen molar-refractivity contribution in [2.24, 2.45) is 5.92 Å². The van der Waals surface area contributed by atoms with Gasteiger partial charge < -0.3 is 5.32 Å². The Hall–Kier alpha value is -0.480. The van der Waals surface area contributed by atoms with Crippen LogP contribution in [0, 0.1) is 17.8 Å². The molecular weight excluding hydrogens is 146 g/mol. The first kappa shape index (κ1) is 11.5. The fourth-order valence-electron chi connectivity index (χ4n) is 0.844. The monoisotopic (exact) mass is 167 g/mol. The Morgan fingerprint density at radius 1 is 1.17 bits per heavy atom. The van der Waals surface area contributed by atoms with Crippen LogP contribution in [0.2, 0.25) is 0 Å². The van der Waals surface area contributed by atoms with Gasteiger partial charge in [-0.25, -0.2) is 0 Å². The Balaban J connectivity index is 3.18. The van der Waals surface area contributed by atoms with Gasteiger partial charge in [-0.15, -0.1) is 11.8 Å². The molecular formula is C11H21N. The maximum absolute atomic E-state index is 3.37. The molecule has 70 valence electrons. The fraction of sp³-hybridized carbons (Fsp3) is 0.818. The molecule has 1 nitrogen and oxygen atoms in total. The van der Waals surface area contributed by atoms with Gasteiger partial charge in [0.15, 0.2) is 0 Å². The molecule has 0 saturated heterocycles. The number of rotatable bonds is 4. The molecule has 0 rings (SSSR count). The van der Waals surface area contributed by atoms with Crippen LogP contribution < -0.4 is 5.32 Å². The van der Waals surface area contributed by atoms with Crippen molar-refractivity contribution in [1.82, 2.24) is 5.32 Å². The number of hydrogen-bond acceptors (Lipinski definition) is 1. The van der Waals surface area contributed by atoms with Crippen LogP contribution in [-0.4, -0.2) is 12.6 Å². The molecule has 0 aromatic rings. The predicted molar refractivity (Wildman–Crippen MR) is 55.0 cm³/mol. The van der Waals surface area contributed by atoms with Crippen LogP contribution in [0.4, 0.5) is 0 Å². The lowest BCUT2D eigenvalue weighted by Crippen LogP contribution is -2.23. The molecule has 0 heterocycles. The van der Waals surface area contributed by atoms with Gasteiger partial charge in [0.25, 0.3) is 0 Å². The van der Waals surface area contributed by atoms with Crippen LogP contribution in [0.15, 0.2) is 0 Å². The molecule has 0 bridgehead atoms. The first-order chi connectivity index (χ1) is 5.63. The molecule has 12 heavy (non-hydrogen) atoms. The minimum Gasteiger partial charge on any atom is -0.314 e. The predicted octanol–water partition coefficient (Wildman–Crippen LogP) is 2.42. The lowest BCUT2D eigenvalue weighted by molar-refractivity contribution is 0.575. The van der Waals surface area contributed by atoms with E-state index in [0.29, 0.717) is 12.0 Å². The van der Waals surface area contributed by atoms with E-state index in [4.69, 9.17) is 0 Å². The van der Waals surface area contributed by atoms with Crippen molar-refractivity contribution in [2.75, 3.05) is 6.54 Å². The quantitative estimate of drug-likeness (QED) is 0.501. The molecule has 0 atom stereocenters. The van der Waals surface area contributed by atoms with E-state index in [1.54, 1.807) is 0 Å². The topological polar surface area (TPSA) is 12.0 Å². The van der Waals surface area contributed by atoms with E-state index in [9.17, 15) is 0 Å². The van der Waals surface area contributed by atoms with E-state index >= 15 is 0 Å². The molecule has 0 saturated carbocycles. The van der Waals surface area contributed by atoms with Gasteiger partial charge in [-0.1, -0.05) is 27.7 Å². The Bertz CT molecular complexity index is 148. The van der Waals surface area contributed by atoms with E-state index in [-0.39, 0.29) is 0 Å². The zero-order valence-corrected chi connectivity index (χ0v) is 8.78. The summed E-state index contributed by atoms with van der Waals surface area (Å²) in [4.78, 5) is 0. The van der Waals surface area contributed by atoms with Gasteiger partial charge in [0.2, 0.25) is 0 Å². The maximum Gasteiger partial charge on any atom is 0.0146 e. The number of unbranched alkanes of at least 4 members (excludes halogenated alkanes) is 1. The third-order valence-electron chi connectivity index (χ3n) is 1.42. The van der Waals surface area contributed by atoms with E-state index in [0.717, 1.165) is 19.4 Å². The van der Waals surface area contributed by atoms with Crippen LogP contribution in [0.5, 0.6) is 0 Å². The Morgan fingerprint density at radius 2 is 1.83 bits per heavy atom. The summed E-state index contributed by atoms with van der Waals surface area (Å²) in [5.41, 5.74) is 0. The van der Waals surface area contributed by atoms with Crippen molar-refractivity contribution in [3.05, 3.63) is 0 Å². The minimum atomic E-state index is 0.517. The second-order valence-corrected chi connectivity index (χ2v) is 3.69. The Morgan fingerprint density at radius 3 is 2.33 bits per heavy atom. The highest BCUT2D eigenvalue weighted by atomic mass is 14.9. The average molecular weight is 167 g/mol. The van der Waals surface area contributed by atoms with Gasteiger partial charge in [0.1, 0.15) is 0 Å². The third-order valence-corrected chi connectivity index (χ3v) is 1.42. The van der Waals surface area contributed by atoms with E-state index in [2.05, 4.69) is 44.9 Å². The molecule has 0 unspecified atom stereocenters. The first-order valence-electron chi connectivity index (χ1n) is 4.84. The van der Waals surface area contributed by atoms with Crippen LogP contribution in [-0.2, 0) is 0 Å². The second kappa shape index (κ2) is 7.18. The molecule has 0 amide bonds. The first-order valence-corrected chi connectivity index (χ1v) is 4.84. The number of nitrogens with one attached hydrogen (secondary N) is 1. The molecule has 0 aromatic carbocycles. The van der Waals surface area contributed by atoms with Crippen LogP contribution in [0.25, 0.3) is 0 Å². The number of hydrogen-bond donors (Lipinski definition) is 1. The normalized spacial score (nSPS) is 10.2. The highest BCUT2D eigenvalue weighted by Crippen LogP contribution is 1.90. The van der Waals surface area contributed by atoms with E-state index < -0.39 is 0 Å². The van der Waals surface area contributed by atoms with Crippen molar-refractivity contribution in [2.45, 2.75) is 46.6 Å². The van der Waals surface area contributed by atoms with Crippen LogP contribution >= 0.6 is 0 Å². The summed E-state index contributed by atoms with van der Waals surface area (Å²) in [5.74, 6) is 6.84. The standard InChI is InChI=1S/C11H21N/c1-10(2)8-6-5-7-9-12-11(3)4/h10-12H,5,7,9H2,1-4H3. The summed E-state index contributed by atoms with van der Waals surface area (Å²) in [6.07, 6.45) is 2.19.